The first-order chi connectivity index (χ1) is 5.41. The maximum absolute atomic E-state index is 6.35. The van der Waals surface area contributed by atoms with Crippen LogP contribution in [0.25, 0.3) is 0 Å². The van der Waals surface area contributed by atoms with Gasteiger partial charge in [-0.05, 0) is 24.7 Å². The lowest BCUT2D eigenvalue weighted by Crippen LogP contribution is -2.44. The van der Waals surface area contributed by atoms with Gasteiger partial charge in [0, 0.05) is 5.54 Å². The molecule has 0 radical (unpaired) electrons. The molecule has 0 heterocycles. The zero-order valence-electron chi connectivity index (χ0n) is 8.82. The van der Waals surface area contributed by atoms with Crippen LogP contribution in [0.1, 0.15) is 59.3 Å². The summed E-state index contributed by atoms with van der Waals surface area (Å²) in [5.41, 5.74) is 6.90. The zero-order valence-corrected chi connectivity index (χ0v) is 8.82. The van der Waals surface area contributed by atoms with E-state index in [-0.39, 0.29) is 5.54 Å². The molecule has 1 nitrogen and oxygen atoms in total. The zero-order chi connectivity index (χ0) is 9.24. The first-order valence-corrected chi connectivity index (χ1v) is 5.20. The van der Waals surface area contributed by atoms with Gasteiger partial charge in [0.2, 0.25) is 0 Å². The van der Waals surface area contributed by atoms with E-state index in [0.29, 0.717) is 5.41 Å². The molecule has 0 aromatic carbocycles. The van der Waals surface area contributed by atoms with Crippen molar-refractivity contribution in [2.24, 2.45) is 11.1 Å². The van der Waals surface area contributed by atoms with Gasteiger partial charge in [-0.2, -0.15) is 0 Å². The summed E-state index contributed by atoms with van der Waals surface area (Å²) in [4.78, 5) is 0. The van der Waals surface area contributed by atoms with E-state index >= 15 is 0 Å². The maximum Gasteiger partial charge on any atom is 0.0159 e. The first-order valence-electron chi connectivity index (χ1n) is 5.20. The highest BCUT2D eigenvalue weighted by Gasteiger charge is 2.31. The molecule has 0 aliphatic heterocycles. The van der Waals surface area contributed by atoms with Crippen molar-refractivity contribution in [3.05, 3.63) is 0 Å². The molecule has 0 aromatic rings. The highest BCUT2D eigenvalue weighted by atomic mass is 14.7. The van der Waals surface area contributed by atoms with E-state index in [4.69, 9.17) is 5.73 Å². The van der Waals surface area contributed by atoms with Crippen molar-refractivity contribution in [3.8, 4) is 0 Å². The Hall–Kier alpha value is -0.0400. The van der Waals surface area contributed by atoms with Crippen LogP contribution in [0, 0.1) is 5.41 Å². The maximum atomic E-state index is 6.35. The summed E-state index contributed by atoms with van der Waals surface area (Å²) in [6.45, 7) is 6.86. The number of hydrogen-bond acceptors (Lipinski definition) is 1. The molecule has 0 aromatic heterocycles. The van der Waals surface area contributed by atoms with E-state index in [2.05, 4.69) is 20.8 Å². The minimum absolute atomic E-state index is 0.163. The Bertz CT molecular complexity index is 138. The van der Waals surface area contributed by atoms with Gasteiger partial charge in [-0.3, -0.25) is 0 Å². The second kappa shape index (κ2) is 3.37. The van der Waals surface area contributed by atoms with Crippen LogP contribution in [0.2, 0.25) is 0 Å². The second-order valence-electron chi connectivity index (χ2n) is 5.66. The molecule has 12 heavy (non-hydrogen) atoms. The fourth-order valence-electron chi connectivity index (χ4n) is 2.49. The molecule has 1 heteroatoms. The Morgan fingerprint density at radius 2 is 1.58 bits per heavy atom. The summed E-state index contributed by atoms with van der Waals surface area (Å²) in [5, 5.41) is 0. The normalized spacial score (nSPS) is 24.0. The largest absolute Gasteiger partial charge is 0.325 e. The summed E-state index contributed by atoms with van der Waals surface area (Å²) >= 11 is 0. The summed E-state index contributed by atoms with van der Waals surface area (Å²) in [6.07, 6.45) is 7.73. The molecule has 1 fully saturated rings. The Kier molecular flexibility index (Phi) is 2.82. The fourth-order valence-corrected chi connectivity index (χ4v) is 2.49. The van der Waals surface area contributed by atoms with E-state index in [1.165, 1.54) is 38.5 Å². The molecule has 0 amide bonds. The average molecular weight is 169 g/mol. The molecule has 72 valence electrons. The molecule has 0 spiro atoms. The Balaban J connectivity index is 2.47. The highest BCUT2D eigenvalue weighted by molar-refractivity contribution is 4.90. The highest BCUT2D eigenvalue weighted by Crippen LogP contribution is 2.35. The summed E-state index contributed by atoms with van der Waals surface area (Å²) in [7, 11) is 0. The minimum Gasteiger partial charge on any atom is -0.325 e. The topological polar surface area (TPSA) is 26.0 Å². The van der Waals surface area contributed by atoms with Crippen molar-refractivity contribution in [3.63, 3.8) is 0 Å². The molecular formula is C11H23N. The van der Waals surface area contributed by atoms with Crippen molar-refractivity contribution < 1.29 is 0 Å². The van der Waals surface area contributed by atoms with E-state index in [1.54, 1.807) is 0 Å². The summed E-state index contributed by atoms with van der Waals surface area (Å²) in [5.74, 6) is 0. The molecular weight excluding hydrogens is 146 g/mol. The van der Waals surface area contributed by atoms with Gasteiger partial charge in [-0.1, -0.05) is 40.0 Å². The van der Waals surface area contributed by atoms with E-state index < -0.39 is 0 Å². The number of hydrogen-bond donors (Lipinski definition) is 1. The van der Waals surface area contributed by atoms with Gasteiger partial charge < -0.3 is 5.73 Å². The van der Waals surface area contributed by atoms with Crippen LogP contribution >= 0.6 is 0 Å². The van der Waals surface area contributed by atoms with E-state index in [9.17, 15) is 0 Å². The van der Waals surface area contributed by atoms with Crippen LogP contribution in [-0.2, 0) is 0 Å². The standard InChI is InChI=1S/C11H23N/c1-10(2,3)9-11(12)7-5-4-6-8-11/h4-9,12H2,1-3H3. The van der Waals surface area contributed by atoms with Gasteiger partial charge in [0.25, 0.3) is 0 Å². The molecule has 0 unspecified atom stereocenters. The van der Waals surface area contributed by atoms with Crippen molar-refractivity contribution in [2.45, 2.75) is 64.8 Å². The Morgan fingerprint density at radius 3 is 2.00 bits per heavy atom. The predicted octanol–water partition coefficient (Wildman–Crippen LogP) is 3.08. The monoisotopic (exact) mass is 169 g/mol. The predicted molar refractivity (Wildman–Crippen MR) is 54.1 cm³/mol. The molecule has 0 saturated heterocycles. The lowest BCUT2D eigenvalue weighted by molar-refractivity contribution is 0.199. The van der Waals surface area contributed by atoms with Crippen LogP contribution in [0.15, 0.2) is 0 Å². The molecule has 1 rings (SSSR count). The van der Waals surface area contributed by atoms with Crippen LogP contribution in [0.4, 0.5) is 0 Å². The van der Waals surface area contributed by atoms with Gasteiger partial charge >= 0.3 is 0 Å². The number of rotatable bonds is 1. The van der Waals surface area contributed by atoms with Gasteiger partial charge in [0.1, 0.15) is 0 Å². The third-order valence-corrected chi connectivity index (χ3v) is 2.73. The van der Waals surface area contributed by atoms with E-state index in [1.807, 2.05) is 0 Å². The molecule has 1 aliphatic carbocycles. The van der Waals surface area contributed by atoms with Crippen molar-refractivity contribution in [1.29, 1.82) is 0 Å². The van der Waals surface area contributed by atoms with Gasteiger partial charge in [-0.25, -0.2) is 0 Å². The van der Waals surface area contributed by atoms with Crippen molar-refractivity contribution >= 4 is 0 Å². The SMILES string of the molecule is CC(C)(C)CC1(N)CCCCC1. The Morgan fingerprint density at radius 1 is 1.08 bits per heavy atom. The molecule has 0 atom stereocenters. The average Bonchev–Trinajstić information content (AvgIpc) is 1.83. The summed E-state index contributed by atoms with van der Waals surface area (Å²) in [6, 6.07) is 0. The second-order valence-corrected chi connectivity index (χ2v) is 5.66. The quantitative estimate of drug-likeness (QED) is 0.641. The smallest absolute Gasteiger partial charge is 0.0159 e. The summed E-state index contributed by atoms with van der Waals surface area (Å²) < 4.78 is 0. The molecule has 2 N–H and O–H groups in total. The van der Waals surface area contributed by atoms with Gasteiger partial charge in [0.05, 0.1) is 0 Å². The van der Waals surface area contributed by atoms with Crippen LogP contribution in [0.3, 0.4) is 0 Å². The van der Waals surface area contributed by atoms with E-state index in [0.717, 1.165) is 0 Å². The van der Waals surface area contributed by atoms with Crippen molar-refractivity contribution in [1.82, 2.24) is 0 Å². The third kappa shape index (κ3) is 3.14. The fraction of sp³-hybridized carbons (Fsp3) is 1.00. The first kappa shape index (κ1) is 10.0. The molecule has 0 bridgehead atoms. The van der Waals surface area contributed by atoms with Crippen LogP contribution in [-0.4, -0.2) is 5.54 Å². The minimum atomic E-state index is 0.163. The lowest BCUT2D eigenvalue weighted by Gasteiger charge is -2.38. The third-order valence-electron chi connectivity index (χ3n) is 2.73. The van der Waals surface area contributed by atoms with Crippen molar-refractivity contribution in [2.75, 3.05) is 0 Å². The van der Waals surface area contributed by atoms with Gasteiger partial charge in [0.15, 0.2) is 0 Å². The number of nitrogens with two attached hydrogens (primary N) is 1. The van der Waals surface area contributed by atoms with Crippen LogP contribution < -0.4 is 5.73 Å². The van der Waals surface area contributed by atoms with Gasteiger partial charge in [-0.15, -0.1) is 0 Å². The molecule has 1 saturated carbocycles. The molecule has 1 aliphatic rings. The lowest BCUT2D eigenvalue weighted by atomic mass is 9.72. The van der Waals surface area contributed by atoms with Crippen LogP contribution in [0.5, 0.6) is 0 Å². The Labute approximate surface area is 76.7 Å².